The summed E-state index contributed by atoms with van der Waals surface area (Å²) >= 11 is 7.71. The van der Waals surface area contributed by atoms with Gasteiger partial charge < -0.3 is 19.4 Å². The summed E-state index contributed by atoms with van der Waals surface area (Å²) in [5.74, 6) is -0.766. The Bertz CT molecular complexity index is 1170. The number of hydrogen-bond donors (Lipinski definition) is 1. The van der Waals surface area contributed by atoms with Crippen LogP contribution in [0.5, 0.6) is 5.75 Å². The highest BCUT2D eigenvalue weighted by atomic mass is 35.5. The molecule has 0 spiro atoms. The number of aliphatic carboxylic acids is 1. The molecule has 1 N–H and O–H groups in total. The van der Waals surface area contributed by atoms with Crippen LogP contribution in [-0.2, 0) is 27.4 Å². The standard InChI is InChI=1S/C23H21ClN2O6S/c1-14-11-25-20(33-14)12-31-23(29)32-26-9-8-15-4-2-3-5-17(15)22(26)18-10-16(24)6-7-19(18)30-13-21(27)28/h2-7,10-11,22H,8-9,12-13H2,1H3,(H,27,28)/t22-/m0/s1. The van der Waals surface area contributed by atoms with Crippen molar-refractivity contribution in [2.45, 2.75) is 26.0 Å². The Labute approximate surface area is 199 Å². The molecule has 0 saturated carbocycles. The summed E-state index contributed by atoms with van der Waals surface area (Å²) in [6.45, 7) is 1.82. The zero-order valence-electron chi connectivity index (χ0n) is 17.7. The van der Waals surface area contributed by atoms with Crippen LogP contribution in [0, 0.1) is 6.92 Å². The Morgan fingerprint density at radius 2 is 2.06 bits per heavy atom. The van der Waals surface area contributed by atoms with Crippen molar-refractivity contribution in [3.05, 3.63) is 80.3 Å². The van der Waals surface area contributed by atoms with Crippen LogP contribution in [-0.4, -0.2) is 40.4 Å². The fourth-order valence-electron chi connectivity index (χ4n) is 3.68. The van der Waals surface area contributed by atoms with Gasteiger partial charge in [-0.2, -0.15) is 0 Å². The maximum atomic E-state index is 12.5. The van der Waals surface area contributed by atoms with Crippen LogP contribution in [0.1, 0.15) is 32.6 Å². The summed E-state index contributed by atoms with van der Waals surface area (Å²) in [4.78, 5) is 34.4. The van der Waals surface area contributed by atoms with Crippen LogP contribution >= 0.6 is 22.9 Å². The summed E-state index contributed by atoms with van der Waals surface area (Å²) in [7, 11) is 0. The average Bonchev–Trinajstić information content (AvgIpc) is 3.21. The number of fused-ring (bicyclic) bond motifs is 1. The topological polar surface area (TPSA) is 98.2 Å². The number of aryl methyl sites for hydroxylation is 1. The number of aromatic nitrogens is 1. The smallest absolute Gasteiger partial charge is 0.482 e. The second kappa shape index (κ2) is 10.2. The average molecular weight is 489 g/mol. The van der Waals surface area contributed by atoms with E-state index >= 15 is 0 Å². The van der Waals surface area contributed by atoms with Crippen LogP contribution in [0.2, 0.25) is 5.02 Å². The monoisotopic (exact) mass is 488 g/mol. The first kappa shape index (κ1) is 23.0. The van der Waals surface area contributed by atoms with Gasteiger partial charge in [-0.15, -0.1) is 16.4 Å². The molecule has 0 bridgehead atoms. The van der Waals surface area contributed by atoms with Crippen LogP contribution in [0.3, 0.4) is 0 Å². The van der Waals surface area contributed by atoms with Gasteiger partial charge in [-0.1, -0.05) is 35.9 Å². The number of thiazole rings is 1. The van der Waals surface area contributed by atoms with Gasteiger partial charge in [0.05, 0.1) is 6.04 Å². The molecule has 4 rings (SSSR count). The Hall–Kier alpha value is -3.14. The molecule has 0 saturated heterocycles. The molecule has 1 aromatic heterocycles. The molecule has 3 aromatic rings. The first-order valence-electron chi connectivity index (χ1n) is 10.1. The largest absolute Gasteiger partial charge is 0.528 e. The number of hydrogen-bond acceptors (Lipinski definition) is 8. The van der Waals surface area contributed by atoms with Gasteiger partial charge in [0.15, 0.2) is 6.61 Å². The zero-order chi connectivity index (χ0) is 23.4. The Morgan fingerprint density at radius 3 is 2.82 bits per heavy atom. The summed E-state index contributed by atoms with van der Waals surface area (Å²) in [6, 6.07) is 12.1. The highest BCUT2D eigenvalue weighted by Gasteiger charge is 2.34. The van der Waals surface area contributed by atoms with Crippen molar-refractivity contribution in [1.29, 1.82) is 0 Å². The number of rotatable bonds is 7. The number of hydroxylamine groups is 2. The highest BCUT2D eigenvalue weighted by molar-refractivity contribution is 7.11. The van der Waals surface area contributed by atoms with Gasteiger partial charge in [0.2, 0.25) is 0 Å². The van der Waals surface area contributed by atoms with E-state index in [2.05, 4.69) is 4.98 Å². The van der Waals surface area contributed by atoms with E-state index in [0.29, 0.717) is 34.3 Å². The summed E-state index contributed by atoms with van der Waals surface area (Å²) in [5, 5.41) is 11.7. The van der Waals surface area contributed by atoms with E-state index in [0.717, 1.165) is 16.0 Å². The lowest BCUT2D eigenvalue weighted by Gasteiger charge is -2.36. The van der Waals surface area contributed by atoms with Crippen LogP contribution in [0.25, 0.3) is 0 Å². The maximum absolute atomic E-state index is 12.5. The minimum atomic E-state index is -1.10. The summed E-state index contributed by atoms with van der Waals surface area (Å²) in [6.07, 6.45) is 1.50. The van der Waals surface area contributed by atoms with E-state index in [-0.39, 0.29) is 6.61 Å². The van der Waals surface area contributed by atoms with Crippen molar-refractivity contribution >= 4 is 35.1 Å². The second-order valence-corrected chi connectivity index (χ2v) is 9.11. The number of benzene rings is 2. The number of ether oxygens (including phenoxy) is 2. The lowest BCUT2D eigenvalue weighted by molar-refractivity contribution is -0.152. The fourth-order valence-corrected chi connectivity index (χ4v) is 4.56. The van der Waals surface area contributed by atoms with Crippen molar-refractivity contribution in [3.63, 3.8) is 0 Å². The minimum Gasteiger partial charge on any atom is -0.482 e. The van der Waals surface area contributed by atoms with E-state index in [1.807, 2.05) is 31.2 Å². The quantitative estimate of drug-likeness (QED) is 0.474. The Morgan fingerprint density at radius 1 is 1.24 bits per heavy atom. The van der Waals surface area contributed by atoms with Crippen LogP contribution in [0.4, 0.5) is 4.79 Å². The number of carboxylic acids is 1. The van der Waals surface area contributed by atoms with E-state index in [4.69, 9.17) is 31.0 Å². The van der Waals surface area contributed by atoms with Gasteiger partial charge >= 0.3 is 12.1 Å². The molecule has 1 aliphatic heterocycles. The van der Waals surface area contributed by atoms with Crippen LogP contribution in [0.15, 0.2) is 48.7 Å². The molecule has 33 heavy (non-hydrogen) atoms. The lowest BCUT2D eigenvalue weighted by atomic mass is 9.89. The molecule has 0 radical (unpaired) electrons. The predicted molar refractivity (Wildman–Crippen MR) is 121 cm³/mol. The van der Waals surface area contributed by atoms with Gasteiger partial charge in [-0.05, 0) is 42.7 Å². The number of carboxylic acid groups (broad SMARTS) is 1. The maximum Gasteiger partial charge on any atom is 0.528 e. The number of carbonyl (C=O) groups excluding carboxylic acids is 1. The normalized spacial score (nSPS) is 15.5. The molecule has 2 aromatic carbocycles. The number of nitrogens with zero attached hydrogens (tertiary/aromatic N) is 2. The minimum absolute atomic E-state index is 0.0105. The molecule has 0 amide bonds. The van der Waals surface area contributed by atoms with E-state index < -0.39 is 24.8 Å². The van der Waals surface area contributed by atoms with Crippen molar-refractivity contribution in [2.24, 2.45) is 0 Å². The molecule has 0 unspecified atom stereocenters. The summed E-state index contributed by atoms with van der Waals surface area (Å²) < 4.78 is 10.8. The van der Waals surface area contributed by atoms with E-state index in [9.17, 15) is 9.59 Å². The first-order valence-corrected chi connectivity index (χ1v) is 11.3. The van der Waals surface area contributed by atoms with E-state index in [1.54, 1.807) is 24.4 Å². The number of halogens is 1. The molecule has 10 heteroatoms. The number of carbonyl (C=O) groups is 2. The lowest BCUT2D eigenvalue weighted by Crippen LogP contribution is -2.38. The van der Waals surface area contributed by atoms with Crippen molar-refractivity contribution in [2.75, 3.05) is 13.2 Å². The molecule has 1 atom stereocenters. The third-order valence-corrected chi connectivity index (χ3v) is 6.15. The zero-order valence-corrected chi connectivity index (χ0v) is 19.3. The third kappa shape index (κ3) is 5.62. The van der Waals surface area contributed by atoms with Gasteiger partial charge in [0.25, 0.3) is 0 Å². The Balaban J connectivity index is 1.61. The highest BCUT2D eigenvalue weighted by Crippen LogP contribution is 2.40. The SMILES string of the molecule is Cc1cnc(COC(=O)ON2CCc3ccccc3[C@H]2c2cc(Cl)ccc2OCC(=O)O)s1. The van der Waals surface area contributed by atoms with Crippen molar-refractivity contribution in [1.82, 2.24) is 10.0 Å². The Kier molecular flexibility index (Phi) is 7.12. The molecule has 8 nitrogen and oxygen atoms in total. The van der Waals surface area contributed by atoms with Gasteiger partial charge in [0.1, 0.15) is 17.4 Å². The van der Waals surface area contributed by atoms with Crippen molar-refractivity contribution in [3.8, 4) is 5.75 Å². The predicted octanol–water partition coefficient (Wildman–Crippen LogP) is 4.78. The fraction of sp³-hybridized carbons (Fsp3) is 0.261. The molecule has 2 heterocycles. The van der Waals surface area contributed by atoms with Crippen LogP contribution < -0.4 is 4.74 Å². The van der Waals surface area contributed by atoms with E-state index in [1.165, 1.54) is 16.4 Å². The van der Waals surface area contributed by atoms with Crippen molar-refractivity contribution < 1.29 is 29.0 Å². The molecular weight excluding hydrogens is 468 g/mol. The summed E-state index contributed by atoms with van der Waals surface area (Å²) in [5.41, 5.74) is 2.56. The van der Waals surface area contributed by atoms with Gasteiger partial charge in [0, 0.05) is 28.2 Å². The molecule has 0 fully saturated rings. The first-order chi connectivity index (χ1) is 15.9. The molecule has 0 aliphatic carbocycles. The van der Waals surface area contributed by atoms with Gasteiger partial charge in [-0.25, -0.2) is 14.6 Å². The second-order valence-electron chi connectivity index (χ2n) is 7.35. The molecular formula is C23H21ClN2O6S. The van der Waals surface area contributed by atoms with Gasteiger partial charge in [-0.3, -0.25) is 0 Å². The molecule has 1 aliphatic rings. The third-order valence-electron chi connectivity index (χ3n) is 5.03. The molecule has 172 valence electrons.